The molecule has 0 radical (unpaired) electrons. The van der Waals surface area contributed by atoms with Crippen LogP contribution in [0.1, 0.15) is 34.3 Å². The van der Waals surface area contributed by atoms with Crippen LogP contribution in [-0.2, 0) is 22.6 Å². The zero-order chi connectivity index (χ0) is 18.6. The van der Waals surface area contributed by atoms with Crippen LogP contribution in [0.4, 0.5) is 0 Å². The second-order valence-corrected chi connectivity index (χ2v) is 7.08. The zero-order valence-electron chi connectivity index (χ0n) is 15.1. The van der Waals surface area contributed by atoms with E-state index < -0.39 is 6.04 Å². The molecule has 1 aromatic heterocycles. The third kappa shape index (κ3) is 4.01. The summed E-state index contributed by atoms with van der Waals surface area (Å²) in [6.45, 7) is 1.86. The van der Waals surface area contributed by atoms with Crippen molar-refractivity contribution in [2.75, 3.05) is 13.1 Å². The molecule has 27 heavy (non-hydrogen) atoms. The van der Waals surface area contributed by atoms with Gasteiger partial charge in [0.1, 0.15) is 6.04 Å². The van der Waals surface area contributed by atoms with Crippen molar-refractivity contribution in [1.29, 1.82) is 0 Å². The number of hydrogen-bond acceptors (Lipinski definition) is 4. The lowest BCUT2D eigenvalue weighted by atomic mass is 9.94. The number of hydrogen-bond donors (Lipinski definition) is 1. The summed E-state index contributed by atoms with van der Waals surface area (Å²) in [5.41, 5.74) is 2.66. The van der Waals surface area contributed by atoms with Gasteiger partial charge in [-0.25, -0.2) is 0 Å². The molecule has 4 rings (SSSR count). The number of nitrogens with zero attached hydrogens (tertiary/aromatic N) is 2. The van der Waals surface area contributed by atoms with Gasteiger partial charge in [-0.2, -0.15) is 0 Å². The Hall–Kier alpha value is -2.73. The maximum atomic E-state index is 12.9. The Kier molecular flexibility index (Phi) is 5.16. The van der Waals surface area contributed by atoms with E-state index in [4.69, 9.17) is 4.74 Å². The minimum atomic E-state index is -0.472. The number of carbonyl (C=O) groups excluding carboxylic acids is 2. The Bertz CT molecular complexity index is 816. The van der Waals surface area contributed by atoms with Crippen molar-refractivity contribution in [3.63, 3.8) is 0 Å². The van der Waals surface area contributed by atoms with E-state index in [1.54, 1.807) is 12.3 Å². The lowest BCUT2D eigenvalue weighted by Crippen LogP contribution is -2.54. The van der Waals surface area contributed by atoms with Gasteiger partial charge in [-0.15, -0.1) is 0 Å². The van der Waals surface area contributed by atoms with Crippen molar-refractivity contribution < 1.29 is 14.3 Å². The monoisotopic (exact) mass is 365 g/mol. The number of amides is 2. The number of ether oxygens (including phenoxy) is 1. The molecule has 2 aliphatic rings. The fourth-order valence-corrected chi connectivity index (χ4v) is 3.74. The summed E-state index contributed by atoms with van der Waals surface area (Å²) in [6.07, 6.45) is 5.87. The van der Waals surface area contributed by atoms with Crippen LogP contribution in [0, 0.1) is 0 Å². The minimum Gasteiger partial charge on any atom is -0.373 e. The highest BCUT2D eigenvalue weighted by atomic mass is 16.5. The summed E-state index contributed by atoms with van der Waals surface area (Å²) in [7, 11) is 0. The first-order chi connectivity index (χ1) is 13.2. The van der Waals surface area contributed by atoms with E-state index >= 15 is 0 Å². The van der Waals surface area contributed by atoms with E-state index in [9.17, 15) is 9.59 Å². The molecule has 2 aliphatic heterocycles. The lowest BCUT2D eigenvalue weighted by Gasteiger charge is -2.35. The number of piperidine rings is 1. The molecule has 1 N–H and O–H groups in total. The summed E-state index contributed by atoms with van der Waals surface area (Å²) >= 11 is 0. The molecule has 2 aromatic rings. The minimum absolute atomic E-state index is 0.00330. The fraction of sp³-hybridized carbons (Fsp3) is 0.381. The zero-order valence-corrected chi connectivity index (χ0v) is 15.1. The van der Waals surface area contributed by atoms with Crippen molar-refractivity contribution in [2.45, 2.75) is 38.0 Å². The number of carbonyl (C=O) groups is 2. The summed E-state index contributed by atoms with van der Waals surface area (Å²) < 4.78 is 5.96. The molecule has 1 fully saturated rings. The largest absolute Gasteiger partial charge is 0.373 e. The van der Waals surface area contributed by atoms with E-state index in [0.29, 0.717) is 31.7 Å². The van der Waals surface area contributed by atoms with Gasteiger partial charge in [-0.3, -0.25) is 14.6 Å². The molecule has 0 aliphatic carbocycles. The number of likely N-dealkylation sites (tertiary alicyclic amines) is 1. The number of benzene rings is 1. The standard InChI is InChI=1S/C21H23N3O3/c25-20-18-6-2-1-5-16(18)12-19(23-20)21(26)24-10-7-17(8-11-24)27-14-15-4-3-9-22-13-15/h1-6,9,13,17,19H,7-8,10-12,14H2,(H,23,25)/t19-/m1/s1. The van der Waals surface area contributed by atoms with Gasteiger partial charge in [0.05, 0.1) is 12.7 Å². The number of aromatic nitrogens is 1. The van der Waals surface area contributed by atoms with E-state index in [0.717, 1.165) is 24.0 Å². The Morgan fingerprint density at radius 2 is 2.00 bits per heavy atom. The summed E-state index contributed by atoms with van der Waals surface area (Å²) in [6, 6.07) is 10.9. The molecule has 0 saturated carbocycles. The van der Waals surface area contributed by atoms with Crippen LogP contribution in [0.2, 0.25) is 0 Å². The smallest absolute Gasteiger partial charge is 0.252 e. The SMILES string of the molecule is O=C1N[C@@H](C(=O)N2CCC(OCc3cccnc3)CC2)Cc2ccccc21. The van der Waals surface area contributed by atoms with Crippen LogP contribution in [0.25, 0.3) is 0 Å². The van der Waals surface area contributed by atoms with Crippen molar-refractivity contribution in [2.24, 2.45) is 0 Å². The van der Waals surface area contributed by atoms with E-state index in [1.165, 1.54) is 0 Å². The summed E-state index contributed by atoms with van der Waals surface area (Å²) in [5, 5.41) is 2.86. The lowest BCUT2D eigenvalue weighted by molar-refractivity contribution is -0.136. The van der Waals surface area contributed by atoms with Gasteiger partial charge >= 0.3 is 0 Å². The number of pyridine rings is 1. The van der Waals surface area contributed by atoms with Crippen molar-refractivity contribution in [3.05, 3.63) is 65.5 Å². The van der Waals surface area contributed by atoms with Gasteiger partial charge in [0.15, 0.2) is 0 Å². The second-order valence-electron chi connectivity index (χ2n) is 7.08. The van der Waals surface area contributed by atoms with Crippen molar-refractivity contribution in [1.82, 2.24) is 15.2 Å². The summed E-state index contributed by atoms with van der Waals surface area (Å²) in [4.78, 5) is 31.0. The molecule has 6 heteroatoms. The molecule has 1 atom stereocenters. The van der Waals surface area contributed by atoms with Gasteiger partial charge in [-0.05, 0) is 36.1 Å². The number of rotatable bonds is 4. The van der Waals surface area contributed by atoms with E-state index in [2.05, 4.69) is 10.3 Å². The van der Waals surface area contributed by atoms with Crippen LogP contribution in [0.15, 0.2) is 48.8 Å². The first kappa shape index (κ1) is 17.7. The van der Waals surface area contributed by atoms with Crippen LogP contribution in [-0.4, -0.2) is 46.9 Å². The second kappa shape index (κ2) is 7.88. The highest BCUT2D eigenvalue weighted by molar-refractivity contribution is 6.00. The van der Waals surface area contributed by atoms with Crippen molar-refractivity contribution in [3.8, 4) is 0 Å². The quantitative estimate of drug-likeness (QED) is 0.899. The van der Waals surface area contributed by atoms with Crippen LogP contribution in [0.5, 0.6) is 0 Å². The molecule has 6 nitrogen and oxygen atoms in total. The average Bonchev–Trinajstić information content (AvgIpc) is 2.73. The fourth-order valence-electron chi connectivity index (χ4n) is 3.74. The molecule has 0 bridgehead atoms. The van der Waals surface area contributed by atoms with Crippen LogP contribution >= 0.6 is 0 Å². The third-order valence-corrected chi connectivity index (χ3v) is 5.25. The molecule has 140 valence electrons. The predicted octanol–water partition coefficient (Wildman–Crippen LogP) is 1.94. The first-order valence-electron chi connectivity index (χ1n) is 9.39. The highest BCUT2D eigenvalue weighted by Gasteiger charge is 2.33. The average molecular weight is 365 g/mol. The van der Waals surface area contributed by atoms with Gasteiger partial charge in [0.2, 0.25) is 5.91 Å². The predicted molar refractivity (Wildman–Crippen MR) is 100 cm³/mol. The summed E-state index contributed by atoms with van der Waals surface area (Å²) in [5.74, 6) is -0.159. The Morgan fingerprint density at radius 3 is 2.78 bits per heavy atom. The molecule has 2 amide bonds. The Balaban J connectivity index is 1.29. The Morgan fingerprint density at radius 1 is 1.19 bits per heavy atom. The Labute approximate surface area is 158 Å². The first-order valence-corrected chi connectivity index (χ1v) is 9.39. The molecule has 3 heterocycles. The highest BCUT2D eigenvalue weighted by Crippen LogP contribution is 2.20. The van der Waals surface area contributed by atoms with E-state index in [-0.39, 0.29) is 17.9 Å². The van der Waals surface area contributed by atoms with E-state index in [1.807, 2.05) is 41.4 Å². The maximum Gasteiger partial charge on any atom is 0.252 e. The molecule has 1 saturated heterocycles. The number of fused-ring (bicyclic) bond motifs is 1. The maximum absolute atomic E-state index is 12.9. The van der Waals surface area contributed by atoms with Crippen LogP contribution < -0.4 is 5.32 Å². The number of nitrogens with one attached hydrogen (secondary N) is 1. The van der Waals surface area contributed by atoms with Gasteiger partial charge in [0, 0.05) is 37.5 Å². The van der Waals surface area contributed by atoms with Crippen molar-refractivity contribution >= 4 is 11.8 Å². The van der Waals surface area contributed by atoms with Gasteiger partial charge in [-0.1, -0.05) is 24.3 Å². The van der Waals surface area contributed by atoms with Crippen LogP contribution in [0.3, 0.4) is 0 Å². The molecule has 0 unspecified atom stereocenters. The van der Waals surface area contributed by atoms with Gasteiger partial charge in [0.25, 0.3) is 5.91 Å². The normalized spacial score (nSPS) is 20.1. The third-order valence-electron chi connectivity index (χ3n) is 5.25. The molecular formula is C21H23N3O3. The molecule has 1 aromatic carbocycles. The topological polar surface area (TPSA) is 71.5 Å². The van der Waals surface area contributed by atoms with Gasteiger partial charge < -0.3 is 15.0 Å². The molecule has 0 spiro atoms. The molecular weight excluding hydrogens is 342 g/mol.